The highest BCUT2D eigenvalue weighted by molar-refractivity contribution is 5.94. The molecule has 0 bridgehead atoms. The van der Waals surface area contributed by atoms with Gasteiger partial charge in [-0.15, -0.1) is 0 Å². The minimum atomic E-state index is -4.50. The molecule has 0 unspecified atom stereocenters. The number of halogens is 3. The van der Waals surface area contributed by atoms with Crippen LogP contribution in [0.5, 0.6) is 0 Å². The molecule has 0 spiro atoms. The third kappa shape index (κ3) is 5.70. The van der Waals surface area contributed by atoms with Crippen molar-refractivity contribution < 1.29 is 22.7 Å². The maximum Gasteiger partial charge on any atom is 0.435 e. The number of nitrogens with zero attached hydrogens (tertiary/aromatic N) is 2. The Morgan fingerprint density at radius 1 is 1.10 bits per heavy atom. The Hall–Kier alpha value is -3.13. The van der Waals surface area contributed by atoms with Gasteiger partial charge in [0.2, 0.25) is 0 Å². The fourth-order valence-corrected chi connectivity index (χ4v) is 2.76. The molecule has 1 aromatic heterocycles. The molecular formula is C22H22F3N3O2. The van der Waals surface area contributed by atoms with Gasteiger partial charge in [-0.2, -0.15) is 18.3 Å². The van der Waals surface area contributed by atoms with Crippen LogP contribution in [0.15, 0.2) is 60.8 Å². The number of hydrogen-bond acceptors (Lipinski definition) is 3. The Morgan fingerprint density at radius 3 is 2.43 bits per heavy atom. The second kappa shape index (κ2) is 9.13. The first kappa shape index (κ1) is 21.6. The fraction of sp³-hybridized carbons (Fsp3) is 0.273. The Labute approximate surface area is 172 Å². The SMILES string of the molecule is CC(C)OCc1cccc(CNC(=O)c2ccc(-n3ccc(C(F)(F)F)n3)cc2)c1. The van der Waals surface area contributed by atoms with Gasteiger partial charge >= 0.3 is 6.18 Å². The normalized spacial score (nSPS) is 11.7. The smallest absolute Gasteiger partial charge is 0.374 e. The van der Waals surface area contributed by atoms with E-state index in [0.29, 0.717) is 24.4 Å². The standard InChI is InChI=1S/C22H22F3N3O2/c1-15(2)30-14-17-5-3-4-16(12-17)13-26-21(29)18-6-8-19(9-7-18)28-11-10-20(27-28)22(23,24)25/h3-12,15H,13-14H2,1-2H3,(H,26,29). The van der Waals surface area contributed by atoms with Crippen LogP contribution in [-0.4, -0.2) is 21.8 Å². The van der Waals surface area contributed by atoms with Crippen molar-refractivity contribution in [2.75, 3.05) is 0 Å². The van der Waals surface area contributed by atoms with Crippen LogP contribution in [0.1, 0.15) is 41.0 Å². The number of aromatic nitrogens is 2. The van der Waals surface area contributed by atoms with Crippen molar-refractivity contribution in [2.45, 2.75) is 39.3 Å². The molecule has 30 heavy (non-hydrogen) atoms. The third-order valence-electron chi connectivity index (χ3n) is 4.30. The van der Waals surface area contributed by atoms with E-state index in [1.54, 1.807) is 24.3 Å². The Balaban J connectivity index is 1.60. The Bertz CT molecular complexity index is 995. The zero-order valence-corrected chi connectivity index (χ0v) is 16.6. The van der Waals surface area contributed by atoms with Crippen LogP contribution < -0.4 is 5.32 Å². The summed E-state index contributed by atoms with van der Waals surface area (Å²) in [5.41, 5.74) is 1.84. The first-order chi connectivity index (χ1) is 14.2. The third-order valence-corrected chi connectivity index (χ3v) is 4.30. The van der Waals surface area contributed by atoms with Gasteiger partial charge in [-0.1, -0.05) is 24.3 Å². The van der Waals surface area contributed by atoms with Crippen LogP contribution in [0.4, 0.5) is 13.2 Å². The highest BCUT2D eigenvalue weighted by Crippen LogP contribution is 2.27. The van der Waals surface area contributed by atoms with Crippen molar-refractivity contribution in [1.82, 2.24) is 15.1 Å². The highest BCUT2D eigenvalue weighted by Gasteiger charge is 2.33. The van der Waals surface area contributed by atoms with Crippen LogP contribution in [0, 0.1) is 0 Å². The molecule has 3 aromatic rings. The van der Waals surface area contributed by atoms with Gasteiger partial charge in [0.15, 0.2) is 5.69 Å². The maximum atomic E-state index is 12.7. The average molecular weight is 417 g/mol. The van der Waals surface area contributed by atoms with E-state index in [0.717, 1.165) is 21.9 Å². The Kier molecular flexibility index (Phi) is 6.56. The molecule has 0 radical (unpaired) electrons. The van der Waals surface area contributed by atoms with Crippen LogP contribution in [0.2, 0.25) is 0 Å². The van der Waals surface area contributed by atoms with Crippen molar-refractivity contribution in [1.29, 1.82) is 0 Å². The number of amides is 1. The molecule has 1 N–H and O–H groups in total. The number of carbonyl (C=O) groups is 1. The molecule has 0 fully saturated rings. The molecule has 0 aliphatic rings. The molecule has 1 amide bonds. The van der Waals surface area contributed by atoms with E-state index in [1.165, 1.54) is 6.20 Å². The largest absolute Gasteiger partial charge is 0.435 e. The molecular weight excluding hydrogens is 395 g/mol. The predicted octanol–water partition coefficient (Wildman–Crippen LogP) is 4.75. The van der Waals surface area contributed by atoms with Crippen LogP contribution in [0.3, 0.4) is 0 Å². The summed E-state index contributed by atoms with van der Waals surface area (Å²) in [5, 5.41) is 6.36. The van der Waals surface area contributed by atoms with Crippen molar-refractivity contribution in [3.8, 4) is 5.69 Å². The van der Waals surface area contributed by atoms with Gasteiger partial charge in [-0.05, 0) is 55.3 Å². The molecule has 0 aliphatic heterocycles. The summed E-state index contributed by atoms with van der Waals surface area (Å²) in [7, 11) is 0. The minimum Gasteiger partial charge on any atom is -0.374 e. The van der Waals surface area contributed by atoms with Crippen LogP contribution in [0.25, 0.3) is 5.69 Å². The first-order valence-corrected chi connectivity index (χ1v) is 9.43. The van der Waals surface area contributed by atoms with Crippen molar-refractivity contribution in [3.05, 3.63) is 83.2 Å². The van der Waals surface area contributed by atoms with Crippen molar-refractivity contribution >= 4 is 5.91 Å². The number of ether oxygens (including phenoxy) is 1. The lowest BCUT2D eigenvalue weighted by atomic mass is 10.1. The van der Waals surface area contributed by atoms with Crippen LogP contribution >= 0.6 is 0 Å². The zero-order valence-electron chi connectivity index (χ0n) is 16.6. The van der Waals surface area contributed by atoms with E-state index in [4.69, 9.17) is 4.74 Å². The van der Waals surface area contributed by atoms with E-state index in [-0.39, 0.29) is 12.0 Å². The molecule has 2 aromatic carbocycles. The van der Waals surface area contributed by atoms with Gasteiger partial charge in [0.1, 0.15) is 0 Å². The van der Waals surface area contributed by atoms with E-state index in [9.17, 15) is 18.0 Å². The summed E-state index contributed by atoms with van der Waals surface area (Å²) in [4.78, 5) is 12.4. The summed E-state index contributed by atoms with van der Waals surface area (Å²) in [5.74, 6) is -0.276. The Morgan fingerprint density at radius 2 is 1.80 bits per heavy atom. The maximum absolute atomic E-state index is 12.7. The van der Waals surface area contributed by atoms with E-state index < -0.39 is 11.9 Å². The lowest BCUT2D eigenvalue weighted by Gasteiger charge is -2.10. The van der Waals surface area contributed by atoms with E-state index >= 15 is 0 Å². The number of rotatable bonds is 7. The molecule has 1 heterocycles. The summed E-state index contributed by atoms with van der Waals surface area (Å²) in [6, 6.07) is 14.9. The zero-order chi connectivity index (χ0) is 21.7. The van der Waals surface area contributed by atoms with Crippen molar-refractivity contribution in [3.63, 3.8) is 0 Å². The highest BCUT2D eigenvalue weighted by atomic mass is 19.4. The van der Waals surface area contributed by atoms with Gasteiger partial charge in [0.25, 0.3) is 5.91 Å². The second-order valence-electron chi connectivity index (χ2n) is 7.05. The number of benzene rings is 2. The molecule has 5 nitrogen and oxygen atoms in total. The second-order valence-corrected chi connectivity index (χ2v) is 7.05. The average Bonchev–Trinajstić information content (AvgIpc) is 3.22. The fourth-order valence-electron chi connectivity index (χ4n) is 2.76. The van der Waals surface area contributed by atoms with Gasteiger partial charge < -0.3 is 10.1 Å². The summed E-state index contributed by atoms with van der Waals surface area (Å²) in [6.45, 7) is 4.79. The van der Waals surface area contributed by atoms with E-state index in [1.807, 2.05) is 38.1 Å². The quantitative estimate of drug-likeness (QED) is 0.604. The summed E-state index contributed by atoms with van der Waals surface area (Å²) in [6.07, 6.45) is -3.13. The van der Waals surface area contributed by atoms with Gasteiger partial charge in [0, 0.05) is 18.3 Å². The molecule has 158 valence electrons. The molecule has 0 saturated carbocycles. The lowest BCUT2D eigenvalue weighted by Crippen LogP contribution is -2.22. The van der Waals surface area contributed by atoms with E-state index in [2.05, 4.69) is 10.4 Å². The van der Waals surface area contributed by atoms with Crippen LogP contribution in [-0.2, 0) is 24.1 Å². The molecule has 0 atom stereocenters. The molecule has 8 heteroatoms. The first-order valence-electron chi connectivity index (χ1n) is 9.43. The topological polar surface area (TPSA) is 56.1 Å². The van der Waals surface area contributed by atoms with Crippen molar-refractivity contribution in [2.24, 2.45) is 0 Å². The molecule has 0 aliphatic carbocycles. The lowest BCUT2D eigenvalue weighted by molar-refractivity contribution is -0.141. The predicted molar refractivity (Wildman–Crippen MR) is 106 cm³/mol. The number of nitrogens with one attached hydrogen (secondary N) is 1. The summed E-state index contributed by atoms with van der Waals surface area (Å²) < 4.78 is 44.7. The minimum absolute atomic E-state index is 0.137. The van der Waals surface area contributed by atoms with Gasteiger partial charge in [0.05, 0.1) is 18.4 Å². The number of carbonyl (C=O) groups excluding carboxylic acids is 1. The van der Waals surface area contributed by atoms with Gasteiger partial charge in [-0.3, -0.25) is 4.79 Å². The van der Waals surface area contributed by atoms with Gasteiger partial charge in [-0.25, -0.2) is 4.68 Å². The number of alkyl halides is 3. The monoisotopic (exact) mass is 417 g/mol. The molecule has 0 saturated heterocycles. The number of hydrogen-bond donors (Lipinski definition) is 1. The molecule has 3 rings (SSSR count). The summed E-state index contributed by atoms with van der Waals surface area (Å²) >= 11 is 0.